The number of carbonyl (C=O) groups excluding carboxylic acids is 1. The molecule has 0 radical (unpaired) electrons. The van der Waals surface area contributed by atoms with E-state index in [1.54, 1.807) is 29.6 Å². The molecule has 4 rings (SSSR count). The van der Waals surface area contributed by atoms with Gasteiger partial charge in [0.1, 0.15) is 10.5 Å². The van der Waals surface area contributed by atoms with Crippen LogP contribution >= 0.6 is 11.3 Å². The topological polar surface area (TPSA) is 87.0 Å². The van der Waals surface area contributed by atoms with Crippen molar-refractivity contribution in [3.8, 4) is 10.6 Å². The Morgan fingerprint density at radius 3 is 2.71 bits per heavy atom. The minimum absolute atomic E-state index is 0.196. The Labute approximate surface area is 164 Å². The minimum Gasteiger partial charge on any atom is -0.437 e. The van der Waals surface area contributed by atoms with Gasteiger partial charge in [-0.05, 0) is 24.1 Å². The lowest BCUT2D eigenvalue weighted by Crippen LogP contribution is -2.26. The van der Waals surface area contributed by atoms with E-state index in [9.17, 15) is 9.59 Å². The van der Waals surface area contributed by atoms with Crippen molar-refractivity contribution in [1.82, 2.24) is 20.0 Å². The van der Waals surface area contributed by atoms with Crippen molar-refractivity contribution in [2.45, 2.75) is 20.1 Å². The molecule has 0 saturated carbocycles. The van der Waals surface area contributed by atoms with Gasteiger partial charge in [-0.25, -0.2) is 9.78 Å². The molecule has 2 aromatic carbocycles. The molecule has 0 atom stereocenters. The molecule has 0 aliphatic heterocycles. The smallest absolute Gasteiger partial charge is 0.359 e. The van der Waals surface area contributed by atoms with Crippen LogP contribution in [0.1, 0.15) is 23.0 Å². The van der Waals surface area contributed by atoms with Gasteiger partial charge in [0, 0.05) is 10.9 Å². The molecule has 28 heavy (non-hydrogen) atoms. The number of hydrogen-bond donors (Lipinski definition) is 0. The zero-order valence-corrected chi connectivity index (χ0v) is 15.8. The predicted molar refractivity (Wildman–Crippen MR) is 106 cm³/mol. The van der Waals surface area contributed by atoms with Crippen molar-refractivity contribution in [2.75, 3.05) is 0 Å². The van der Waals surface area contributed by atoms with Gasteiger partial charge >= 0.3 is 5.97 Å². The average Bonchev–Trinajstić information content (AvgIpc) is 3.24. The number of aryl methyl sites for hydroxylation is 1. The van der Waals surface area contributed by atoms with E-state index in [2.05, 4.69) is 22.2 Å². The second kappa shape index (κ2) is 7.69. The first-order valence-corrected chi connectivity index (χ1v) is 9.58. The molecule has 0 fully saturated rings. The average molecular weight is 392 g/mol. The fraction of sp³-hybridized carbons (Fsp3) is 0.150. The number of esters is 1. The van der Waals surface area contributed by atoms with Crippen LogP contribution in [0.25, 0.3) is 21.5 Å². The highest BCUT2D eigenvalue weighted by molar-refractivity contribution is 7.13. The van der Waals surface area contributed by atoms with E-state index < -0.39 is 5.97 Å². The van der Waals surface area contributed by atoms with Crippen LogP contribution in [0.4, 0.5) is 0 Å². The van der Waals surface area contributed by atoms with Gasteiger partial charge in [-0.2, -0.15) is 4.68 Å². The van der Waals surface area contributed by atoms with Crippen molar-refractivity contribution in [3.63, 3.8) is 0 Å². The monoisotopic (exact) mass is 392 g/mol. The lowest BCUT2D eigenvalue weighted by Gasteiger charge is -2.05. The third-order valence-corrected chi connectivity index (χ3v) is 5.16. The van der Waals surface area contributed by atoms with Gasteiger partial charge in [0.2, 0.25) is 0 Å². The fourth-order valence-corrected chi connectivity index (χ4v) is 3.48. The molecule has 7 nitrogen and oxygen atoms in total. The van der Waals surface area contributed by atoms with Crippen LogP contribution in [-0.4, -0.2) is 25.9 Å². The van der Waals surface area contributed by atoms with E-state index >= 15 is 0 Å². The molecule has 0 bridgehead atoms. The fourth-order valence-electron chi connectivity index (χ4n) is 2.68. The highest BCUT2D eigenvalue weighted by atomic mass is 32.1. The Morgan fingerprint density at radius 2 is 1.93 bits per heavy atom. The Balaban J connectivity index is 1.48. The number of rotatable bonds is 5. The number of carbonyl (C=O) groups is 1. The maximum atomic E-state index is 12.4. The molecular weight excluding hydrogens is 376 g/mol. The summed E-state index contributed by atoms with van der Waals surface area (Å²) in [4.78, 5) is 29.0. The number of aromatic nitrogens is 4. The molecule has 140 valence electrons. The number of thiazole rings is 1. The first-order valence-electron chi connectivity index (χ1n) is 8.70. The van der Waals surface area contributed by atoms with Gasteiger partial charge in [0.15, 0.2) is 12.4 Å². The Morgan fingerprint density at radius 1 is 1.14 bits per heavy atom. The number of hydrogen-bond acceptors (Lipinski definition) is 7. The molecule has 0 aliphatic rings. The van der Waals surface area contributed by atoms with Gasteiger partial charge in [0.25, 0.3) is 5.56 Å². The summed E-state index contributed by atoms with van der Waals surface area (Å²) in [5, 5.41) is 10.5. The van der Waals surface area contributed by atoms with E-state index in [-0.39, 0.29) is 18.0 Å². The van der Waals surface area contributed by atoms with E-state index in [1.165, 1.54) is 16.9 Å². The molecule has 4 aromatic rings. The highest BCUT2D eigenvalue weighted by Gasteiger charge is 2.14. The molecule has 2 heterocycles. The summed E-state index contributed by atoms with van der Waals surface area (Å²) in [6, 6.07) is 14.9. The normalized spacial score (nSPS) is 10.9. The zero-order valence-electron chi connectivity index (χ0n) is 15.0. The van der Waals surface area contributed by atoms with Gasteiger partial charge in [-0.15, -0.1) is 16.4 Å². The standard InChI is InChI=1S/C20H16N4O3S/c1-2-13-7-9-14(10-8-13)18-21-17(11-28-18)20(26)27-12-24-19(25)15-5-3-4-6-16(15)22-23-24/h3-11H,2,12H2,1H3. The summed E-state index contributed by atoms with van der Waals surface area (Å²) in [6.07, 6.45) is 0.965. The second-order valence-electron chi connectivity index (χ2n) is 6.06. The molecular formula is C20H16N4O3S. The summed E-state index contributed by atoms with van der Waals surface area (Å²) in [5.74, 6) is -0.616. The molecule has 8 heteroatoms. The maximum Gasteiger partial charge on any atom is 0.359 e. The minimum atomic E-state index is -0.616. The summed E-state index contributed by atoms with van der Waals surface area (Å²) >= 11 is 1.36. The van der Waals surface area contributed by atoms with Crippen molar-refractivity contribution in [3.05, 3.63) is 75.5 Å². The third-order valence-electron chi connectivity index (χ3n) is 4.27. The summed E-state index contributed by atoms with van der Waals surface area (Å²) in [5.41, 5.74) is 2.50. The van der Waals surface area contributed by atoms with Crippen LogP contribution in [-0.2, 0) is 17.9 Å². The third kappa shape index (κ3) is 3.54. The van der Waals surface area contributed by atoms with Crippen LogP contribution in [0.5, 0.6) is 0 Å². The number of nitrogens with zero attached hydrogens (tertiary/aromatic N) is 4. The lowest BCUT2D eigenvalue weighted by molar-refractivity contribution is 0.0330. The largest absolute Gasteiger partial charge is 0.437 e. The van der Waals surface area contributed by atoms with E-state index in [0.29, 0.717) is 10.9 Å². The second-order valence-corrected chi connectivity index (χ2v) is 6.92. The first kappa shape index (κ1) is 18.0. The number of ether oxygens (including phenoxy) is 1. The molecule has 0 aliphatic carbocycles. The van der Waals surface area contributed by atoms with Crippen LogP contribution in [0, 0.1) is 0 Å². The van der Waals surface area contributed by atoms with Gasteiger partial charge < -0.3 is 4.74 Å². The number of benzene rings is 2. The summed E-state index contributed by atoms with van der Waals surface area (Å²) < 4.78 is 6.21. The van der Waals surface area contributed by atoms with Gasteiger partial charge in [0.05, 0.1) is 5.39 Å². The van der Waals surface area contributed by atoms with Crippen molar-refractivity contribution in [1.29, 1.82) is 0 Å². The van der Waals surface area contributed by atoms with E-state index in [4.69, 9.17) is 4.74 Å². The highest BCUT2D eigenvalue weighted by Crippen LogP contribution is 2.24. The molecule has 0 amide bonds. The summed E-state index contributed by atoms with van der Waals surface area (Å²) in [7, 11) is 0. The quantitative estimate of drug-likeness (QED) is 0.485. The summed E-state index contributed by atoms with van der Waals surface area (Å²) in [6.45, 7) is 1.77. The van der Waals surface area contributed by atoms with Crippen molar-refractivity contribution < 1.29 is 9.53 Å². The van der Waals surface area contributed by atoms with Crippen LogP contribution in [0.3, 0.4) is 0 Å². The molecule has 0 spiro atoms. The number of fused-ring (bicyclic) bond motifs is 1. The zero-order chi connectivity index (χ0) is 19.5. The molecule has 0 saturated heterocycles. The maximum absolute atomic E-state index is 12.4. The SMILES string of the molecule is CCc1ccc(-c2nc(C(=O)OCn3nnc4ccccc4c3=O)cs2)cc1. The van der Waals surface area contributed by atoms with Gasteiger partial charge in [-0.3, -0.25) is 4.79 Å². The van der Waals surface area contributed by atoms with E-state index in [1.807, 2.05) is 24.3 Å². The lowest BCUT2D eigenvalue weighted by atomic mass is 10.1. The van der Waals surface area contributed by atoms with E-state index in [0.717, 1.165) is 21.7 Å². The molecule has 2 aromatic heterocycles. The van der Waals surface area contributed by atoms with Gasteiger partial charge in [-0.1, -0.05) is 48.5 Å². The Bertz CT molecular complexity index is 1200. The molecule has 0 N–H and O–H groups in total. The first-order chi connectivity index (χ1) is 13.7. The van der Waals surface area contributed by atoms with Crippen LogP contribution in [0.15, 0.2) is 58.7 Å². The van der Waals surface area contributed by atoms with Crippen molar-refractivity contribution in [2.24, 2.45) is 0 Å². The molecule has 0 unspecified atom stereocenters. The van der Waals surface area contributed by atoms with Crippen LogP contribution in [0.2, 0.25) is 0 Å². The van der Waals surface area contributed by atoms with Crippen molar-refractivity contribution >= 4 is 28.2 Å². The Kier molecular flexibility index (Phi) is 4.94. The van der Waals surface area contributed by atoms with Crippen LogP contribution < -0.4 is 5.56 Å². The Hall–Kier alpha value is -3.39. The predicted octanol–water partition coefficient (Wildman–Crippen LogP) is 3.29.